The second-order valence-electron chi connectivity index (χ2n) is 7.96. The molecule has 1 radical (unpaired) electrons. The van der Waals surface area contributed by atoms with E-state index in [0.717, 1.165) is 25.3 Å². The van der Waals surface area contributed by atoms with Gasteiger partial charge in [0.2, 0.25) is 0 Å². The standard InChI is InChI=1S/C23H35N3.Co/c1-16(2)19-13-21(17(3)4)23(22(14-19)18(5)6)26-12-11-24-15-20-9-7-8-10-25-20;/h7-10,13-14,16-18,24,26H,11-12,15H2,1-6H3;. The summed E-state index contributed by atoms with van der Waals surface area (Å²) in [5.41, 5.74) is 6.73. The van der Waals surface area contributed by atoms with Crippen LogP contribution in [0, 0.1) is 0 Å². The van der Waals surface area contributed by atoms with Crippen molar-refractivity contribution in [2.24, 2.45) is 0 Å². The van der Waals surface area contributed by atoms with E-state index in [4.69, 9.17) is 0 Å². The minimum absolute atomic E-state index is 0. The van der Waals surface area contributed by atoms with Gasteiger partial charge >= 0.3 is 0 Å². The van der Waals surface area contributed by atoms with E-state index in [9.17, 15) is 0 Å². The molecule has 0 atom stereocenters. The molecule has 0 aliphatic rings. The molecular formula is C23H35CoN3. The van der Waals surface area contributed by atoms with Gasteiger partial charge in [-0.05, 0) is 46.6 Å². The van der Waals surface area contributed by atoms with Crippen LogP contribution in [0.5, 0.6) is 0 Å². The third kappa shape index (κ3) is 6.94. The van der Waals surface area contributed by atoms with Gasteiger partial charge in [0.25, 0.3) is 0 Å². The molecule has 3 nitrogen and oxygen atoms in total. The molecule has 2 aromatic rings. The van der Waals surface area contributed by atoms with Crippen LogP contribution in [0.1, 0.15) is 81.7 Å². The Labute approximate surface area is 176 Å². The minimum atomic E-state index is 0. The van der Waals surface area contributed by atoms with Crippen molar-refractivity contribution < 1.29 is 16.8 Å². The van der Waals surface area contributed by atoms with Crippen LogP contribution in [0.25, 0.3) is 0 Å². The van der Waals surface area contributed by atoms with Gasteiger partial charge in [-0.2, -0.15) is 0 Å². The second kappa shape index (κ2) is 11.5. The molecule has 0 amide bonds. The molecular weight excluding hydrogens is 377 g/mol. The van der Waals surface area contributed by atoms with E-state index in [0.29, 0.717) is 17.8 Å². The summed E-state index contributed by atoms with van der Waals surface area (Å²) in [5, 5.41) is 7.19. The molecule has 0 saturated heterocycles. The first-order valence-corrected chi connectivity index (χ1v) is 9.92. The van der Waals surface area contributed by atoms with Gasteiger partial charge in [-0.3, -0.25) is 4.98 Å². The molecule has 27 heavy (non-hydrogen) atoms. The number of hydrogen-bond donors (Lipinski definition) is 2. The summed E-state index contributed by atoms with van der Waals surface area (Å²) in [6, 6.07) is 10.8. The van der Waals surface area contributed by atoms with Gasteiger partial charge < -0.3 is 10.6 Å². The fraction of sp³-hybridized carbons (Fsp3) is 0.522. The average Bonchev–Trinajstić information content (AvgIpc) is 2.61. The van der Waals surface area contributed by atoms with Crippen molar-refractivity contribution >= 4 is 5.69 Å². The van der Waals surface area contributed by atoms with E-state index in [1.165, 1.54) is 22.4 Å². The van der Waals surface area contributed by atoms with E-state index in [2.05, 4.69) is 75.4 Å². The van der Waals surface area contributed by atoms with E-state index >= 15 is 0 Å². The Morgan fingerprint density at radius 2 is 1.48 bits per heavy atom. The van der Waals surface area contributed by atoms with Crippen LogP contribution >= 0.6 is 0 Å². The molecule has 0 aliphatic carbocycles. The molecule has 1 aromatic carbocycles. The van der Waals surface area contributed by atoms with Gasteiger partial charge in [0.05, 0.1) is 5.69 Å². The zero-order valence-corrected chi connectivity index (χ0v) is 18.6. The SMILES string of the molecule is CC(C)c1cc(C(C)C)c(NCCNCc2ccccn2)c(C(C)C)c1.[Co]. The molecule has 1 aromatic heterocycles. The Morgan fingerprint density at radius 1 is 0.852 bits per heavy atom. The fourth-order valence-electron chi connectivity index (χ4n) is 3.15. The van der Waals surface area contributed by atoms with Crippen molar-refractivity contribution in [1.29, 1.82) is 0 Å². The number of pyridine rings is 1. The van der Waals surface area contributed by atoms with Gasteiger partial charge in [0.15, 0.2) is 0 Å². The summed E-state index contributed by atoms with van der Waals surface area (Å²) < 4.78 is 0. The first kappa shape index (κ1) is 23.7. The first-order chi connectivity index (χ1) is 12.4. The van der Waals surface area contributed by atoms with Crippen molar-refractivity contribution in [2.45, 2.75) is 65.8 Å². The number of nitrogens with one attached hydrogen (secondary N) is 2. The van der Waals surface area contributed by atoms with Crippen LogP contribution < -0.4 is 10.6 Å². The predicted octanol–water partition coefficient (Wildman–Crippen LogP) is 5.65. The fourth-order valence-corrected chi connectivity index (χ4v) is 3.15. The number of anilines is 1. The number of hydrogen-bond acceptors (Lipinski definition) is 3. The molecule has 151 valence electrons. The van der Waals surface area contributed by atoms with Crippen LogP contribution in [0.2, 0.25) is 0 Å². The predicted molar refractivity (Wildman–Crippen MR) is 113 cm³/mol. The summed E-state index contributed by atoms with van der Waals surface area (Å²) in [4.78, 5) is 4.35. The molecule has 0 aliphatic heterocycles. The quantitative estimate of drug-likeness (QED) is 0.523. The van der Waals surface area contributed by atoms with Crippen molar-refractivity contribution in [3.05, 3.63) is 58.9 Å². The summed E-state index contributed by atoms with van der Waals surface area (Å²) in [7, 11) is 0. The smallest absolute Gasteiger partial charge is 0.0541 e. The molecule has 2 N–H and O–H groups in total. The van der Waals surface area contributed by atoms with Gasteiger partial charge in [0.1, 0.15) is 0 Å². The largest absolute Gasteiger partial charge is 0.383 e. The third-order valence-electron chi connectivity index (χ3n) is 4.77. The number of rotatable bonds is 9. The molecule has 4 heteroatoms. The summed E-state index contributed by atoms with van der Waals surface area (Å²) in [6.45, 7) is 16.3. The van der Waals surface area contributed by atoms with Gasteiger partial charge in [-0.15, -0.1) is 0 Å². The van der Waals surface area contributed by atoms with Crippen molar-refractivity contribution in [2.75, 3.05) is 18.4 Å². The molecule has 0 unspecified atom stereocenters. The molecule has 0 bridgehead atoms. The maximum absolute atomic E-state index is 4.35. The topological polar surface area (TPSA) is 37.0 Å². The molecule has 1 heterocycles. The van der Waals surface area contributed by atoms with Crippen LogP contribution in [0.15, 0.2) is 36.5 Å². The van der Waals surface area contributed by atoms with E-state index in [1.807, 2.05) is 18.3 Å². The van der Waals surface area contributed by atoms with Gasteiger partial charge in [-0.25, -0.2) is 0 Å². The molecule has 0 fully saturated rings. The van der Waals surface area contributed by atoms with Crippen LogP contribution in [0.4, 0.5) is 5.69 Å². The maximum Gasteiger partial charge on any atom is 0.0541 e. The van der Waals surface area contributed by atoms with E-state index in [-0.39, 0.29) is 16.8 Å². The van der Waals surface area contributed by atoms with Crippen molar-refractivity contribution in [3.63, 3.8) is 0 Å². The number of benzene rings is 1. The van der Waals surface area contributed by atoms with Crippen LogP contribution in [-0.2, 0) is 23.3 Å². The number of nitrogens with zero attached hydrogens (tertiary/aromatic N) is 1. The Bertz CT molecular complexity index is 652. The first-order valence-electron chi connectivity index (χ1n) is 9.92. The summed E-state index contributed by atoms with van der Waals surface area (Å²) >= 11 is 0. The summed E-state index contributed by atoms with van der Waals surface area (Å²) in [6.07, 6.45) is 1.84. The minimum Gasteiger partial charge on any atom is -0.383 e. The zero-order chi connectivity index (χ0) is 19.1. The van der Waals surface area contributed by atoms with E-state index in [1.54, 1.807) is 0 Å². The van der Waals surface area contributed by atoms with Crippen molar-refractivity contribution in [3.8, 4) is 0 Å². The normalized spacial score (nSPS) is 11.1. The third-order valence-corrected chi connectivity index (χ3v) is 4.77. The zero-order valence-electron chi connectivity index (χ0n) is 17.6. The summed E-state index contributed by atoms with van der Waals surface area (Å²) in [5.74, 6) is 1.57. The Hall–Kier alpha value is -1.36. The number of aromatic nitrogens is 1. The Balaban J connectivity index is 0.00000364. The van der Waals surface area contributed by atoms with Crippen LogP contribution in [0.3, 0.4) is 0 Å². The average molecular weight is 412 g/mol. The second-order valence-corrected chi connectivity index (χ2v) is 7.96. The van der Waals surface area contributed by atoms with Crippen LogP contribution in [-0.4, -0.2) is 18.1 Å². The van der Waals surface area contributed by atoms with Gasteiger partial charge in [0, 0.05) is 48.3 Å². The Kier molecular flexibility index (Phi) is 10.1. The molecule has 2 rings (SSSR count). The molecule has 0 spiro atoms. The van der Waals surface area contributed by atoms with Crippen molar-refractivity contribution in [1.82, 2.24) is 10.3 Å². The van der Waals surface area contributed by atoms with Gasteiger partial charge in [-0.1, -0.05) is 59.7 Å². The molecule has 0 saturated carbocycles. The van der Waals surface area contributed by atoms with E-state index < -0.39 is 0 Å². The monoisotopic (exact) mass is 412 g/mol. The maximum atomic E-state index is 4.35. The Morgan fingerprint density at radius 3 is 1.96 bits per heavy atom.